The molecule has 0 aliphatic carbocycles. The number of hydrogen-bond donors (Lipinski definition) is 2. The molecule has 0 aromatic heterocycles. The molecular weight excluding hydrogens is 316 g/mol. The van der Waals surface area contributed by atoms with Gasteiger partial charge in [-0.3, -0.25) is 0 Å². The van der Waals surface area contributed by atoms with Gasteiger partial charge in [0.1, 0.15) is 0 Å². The monoisotopic (exact) mass is 342 g/mol. The van der Waals surface area contributed by atoms with E-state index in [-0.39, 0.29) is 6.61 Å². The summed E-state index contributed by atoms with van der Waals surface area (Å²) in [5, 5.41) is 12.8. The smallest absolute Gasteiger partial charge is 0.0606 e. The predicted octanol–water partition coefficient (Wildman–Crippen LogP) is 3.55. The van der Waals surface area contributed by atoms with Crippen LogP contribution in [0.15, 0.2) is 22.7 Å². The van der Waals surface area contributed by atoms with Gasteiger partial charge in [-0.25, -0.2) is 0 Å². The first kappa shape index (κ1) is 17.5. The van der Waals surface area contributed by atoms with Crippen LogP contribution < -0.4 is 10.2 Å². The second-order valence-electron chi connectivity index (χ2n) is 4.94. The lowest BCUT2D eigenvalue weighted by atomic mass is 10.1. The minimum Gasteiger partial charge on any atom is -0.395 e. The third kappa shape index (κ3) is 4.76. The first-order valence-corrected chi connectivity index (χ1v) is 8.33. The standard InChI is InChI=1S/C16H27BrN2O/c1-4-15(5-2)19(9-10-20)16-8-7-14(17)11-13(16)12-18-6-3/h7-8,11,15,18,20H,4-6,9-10,12H2,1-3H3. The average Bonchev–Trinajstić information content (AvgIpc) is 2.46. The molecule has 0 amide bonds. The molecule has 1 aromatic carbocycles. The van der Waals surface area contributed by atoms with Gasteiger partial charge in [-0.15, -0.1) is 0 Å². The molecule has 0 fully saturated rings. The van der Waals surface area contributed by atoms with Crippen molar-refractivity contribution in [1.82, 2.24) is 5.32 Å². The number of anilines is 1. The Balaban J connectivity index is 3.10. The lowest BCUT2D eigenvalue weighted by molar-refractivity contribution is 0.296. The number of hydrogen-bond acceptors (Lipinski definition) is 3. The second kappa shape index (κ2) is 9.37. The summed E-state index contributed by atoms with van der Waals surface area (Å²) in [4.78, 5) is 2.35. The fourth-order valence-corrected chi connectivity index (χ4v) is 2.98. The van der Waals surface area contributed by atoms with Gasteiger partial charge in [0.25, 0.3) is 0 Å². The number of nitrogens with zero attached hydrogens (tertiary/aromatic N) is 1. The number of halogens is 1. The van der Waals surface area contributed by atoms with E-state index in [1.54, 1.807) is 0 Å². The Hall–Kier alpha value is -0.580. The SMILES string of the molecule is CCNCc1cc(Br)ccc1N(CCO)C(CC)CC. The number of rotatable bonds is 9. The molecule has 3 nitrogen and oxygen atoms in total. The van der Waals surface area contributed by atoms with Crippen LogP contribution in [0.2, 0.25) is 0 Å². The molecule has 0 atom stereocenters. The lowest BCUT2D eigenvalue weighted by Gasteiger charge is -2.34. The maximum Gasteiger partial charge on any atom is 0.0606 e. The Kier molecular flexibility index (Phi) is 8.19. The normalized spacial score (nSPS) is 11.1. The van der Waals surface area contributed by atoms with Gasteiger partial charge in [0, 0.05) is 29.3 Å². The predicted molar refractivity (Wildman–Crippen MR) is 90.3 cm³/mol. The first-order chi connectivity index (χ1) is 9.67. The first-order valence-electron chi connectivity index (χ1n) is 7.54. The summed E-state index contributed by atoms with van der Waals surface area (Å²) in [7, 11) is 0. The molecule has 0 aliphatic rings. The summed E-state index contributed by atoms with van der Waals surface area (Å²) in [6.45, 7) is 9.22. The van der Waals surface area contributed by atoms with Gasteiger partial charge < -0.3 is 15.3 Å². The van der Waals surface area contributed by atoms with Crippen molar-refractivity contribution in [3.63, 3.8) is 0 Å². The zero-order valence-electron chi connectivity index (χ0n) is 12.8. The molecule has 0 bridgehead atoms. The van der Waals surface area contributed by atoms with Gasteiger partial charge in [0.15, 0.2) is 0 Å². The van der Waals surface area contributed by atoms with Crippen LogP contribution in [0.4, 0.5) is 5.69 Å². The molecular formula is C16H27BrN2O. The van der Waals surface area contributed by atoms with E-state index >= 15 is 0 Å². The molecule has 1 aromatic rings. The summed E-state index contributed by atoms with van der Waals surface area (Å²) >= 11 is 3.55. The number of aliphatic hydroxyl groups is 1. The van der Waals surface area contributed by atoms with Crippen molar-refractivity contribution in [3.8, 4) is 0 Å². The minimum atomic E-state index is 0.188. The van der Waals surface area contributed by atoms with E-state index in [1.807, 2.05) is 0 Å². The molecule has 0 saturated heterocycles. The van der Waals surface area contributed by atoms with E-state index in [4.69, 9.17) is 0 Å². The Morgan fingerprint density at radius 3 is 2.50 bits per heavy atom. The molecule has 1 rings (SSSR count). The van der Waals surface area contributed by atoms with Crippen molar-refractivity contribution in [2.45, 2.75) is 46.2 Å². The molecule has 0 unspecified atom stereocenters. The summed E-state index contributed by atoms with van der Waals surface area (Å²) in [6, 6.07) is 6.89. The Morgan fingerprint density at radius 1 is 1.25 bits per heavy atom. The lowest BCUT2D eigenvalue weighted by Crippen LogP contribution is -2.37. The van der Waals surface area contributed by atoms with Gasteiger partial charge in [-0.2, -0.15) is 0 Å². The Bertz CT molecular complexity index is 394. The average molecular weight is 343 g/mol. The van der Waals surface area contributed by atoms with Crippen LogP contribution in [-0.2, 0) is 6.54 Å². The van der Waals surface area contributed by atoms with Gasteiger partial charge in [0.05, 0.1) is 6.61 Å². The highest BCUT2D eigenvalue weighted by molar-refractivity contribution is 9.10. The third-order valence-electron chi connectivity index (χ3n) is 3.64. The zero-order chi connectivity index (χ0) is 15.0. The van der Waals surface area contributed by atoms with E-state index in [0.717, 1.165) is 30.4 Å². The molecule has 0 spiro atoms. The van der Waals surface area contributed by atoms with Crippen molar-refractivity contribution in [2.24, 2.45) is 0 Å². The highest BCUT2D eigenvalue weighted by Crippen LogP contribution is 2.27. The van der Waals surface area contributed by atoms with E-state index in [2.05, 4.69) is 65.1 Å². The van der Waals surface area contributed by atoms with Crippen molar-refractivity contribution in [3.05, 3.63) is 28.2 Å². The zero-order valence-corrected chi connectivity index (χ0v) is 14.4. The third-order valence-corrected chi connectivity index (χ3v) is 4.13. The van der Waals surface area contributed by atoms with Crippen LogP contribution in [0.5, 0.6) is 0 Å². The largest absolute Gasteiger partial charge is 0.395 e. The van der Waals surface area contributed by atoms with Gasteiger partial charge >= 0.3 is 0 Å². The molecule has 0 saturated carbocycles. The molecule has 0 heterocycles. The Morgan fingerprint density at radius 2 is 1.95 bits per heavy atom. The fraction of sp³-hybridized carbons (Fsp3) is 0.625. The van der Waals surface area contributed by atoms with Crippen LogP contribution >= 0.6 is 15.9 Å². The van der Waals surface area contributed by atoms with Crippen molar-refractivity contribution < 1.29 is 5.11 Å². The topological polar surface area (TPSA) is 35.5 Å². The summed E-state index contributed by atoms with van der Waals surface area (Å²) in [6.07, 6.45) is 2.18. The molecule has 0 radical (unpaired) electrons. The minimum absolute atomic E-state index is 0.188. The maximum absolute atomic E-state index is 9.39. The van der Waals surface area contributed by atoms with Crippen LogP contribution in [0, 0.1) is 0 Å². The van der Waals surface area contributed by atoms with E-state index < -0.39 is 0 Å². The van der Waals surface area contributed by atoms with Crippen LogP contribution in [0.1, 0.15) is 39.2 Å². The van der Waals surface area contributed by atoms with Crippen LogP contribution in [0.25, 0.3) is 0 Å². The van der Waals surface area contributed by atoms with Gasteiger partial charge in [0.2, 0.25) is 0 Å². The van der Waals surface area contributed by atoms with Crippen molar-refractivity contribution in [1.29, 1.82) is 0 Å². The number of aliphatic hydroxyl groups excluding tert-OH is 1. The molecule has 4 heteroatoms. The van der Waals surface area contributed by atoms with Crippen LogP contribution in [-0.4, -0.2) is 30.8 Å². The molecule has 20 heavy (non-hydrogen) atoms. The number of benzene rings is 1. The van der Waals surface area contributed by atoms with Gasteiger partial charge in [-0.05, 0) is 43.1 Å². The van der Waals surface area contributed by atoms with E-state index in [0.29, 0.717) is 12.6 Å². The molecule has 114 valence electrons. The summed E-state index contributed by atoms with van der Waals surface area (Å²) in [5.41, 5.74) is 2.51. The van der Waals surface area contributed by atoms with Gasteiger partial charge in [-0.1, -0.05) is 36.7 Å². The number of nitrogens with one attached hydrogen (secondary N) is 1. The van der Waals surface area contributed by atoms with E-state index in [9.17, 15) is 5.11 Å². The summed E-state index contributed by atoms with van der Waals surface area (Å²) in [5.74, 6) is 0. The van der Waals surface area contributed by atoms with Crippen LogP contribution in [0.3, 0.4) is 0 Å². The summed E-state index contributed by atoms with van der Waals surface area (Å²) < 4.78 is 1.10. The van der Waals surface area contributed by atoms with Crippen molar-refractivity contribution >= 4 is 21.6 Å². The Labute approximate surface area is 131 Å². The highest BCUT2D eigenvalue weighted by atomic mass is 79.9. The quantitative estimate of drug-likeness (QED) is 0.720. The fourth-order valence-electron chi connectivity index (χ4n) is 2.57. The highest BCUT2D eigenvalue weighted by Gasteiger charge is 2.18. The second-order valence-corrected chi connectivity index (χ2v) is 5.86. The molecule has 0 aliphatic heterocycles. The van der Waals surface area contributed by atoms with E-state index in [1.165, 1.54) is 11.3 Å². The maximum atomic E-state index is 9.39. The molecule has 2 N–H and O–H groups in total. The van der Waals surface area contributed by atoms with Crippen molar-refractivity contribution in [2.75, 3.05) is 24.6 Å².